The van der Waals surface area contributed by atoms with Crippen LogP contribution in [0.5, 0.6) is 0 Å². The van der Waals surface area contributed by atoms with Crippen LogP contribution in [0.1, 0.15) is 5.56 Å². The fraction of sp³-hybridized carbons (Fsp3) is 0.400. The lowest BCUT2D eigenvalue weighted by Gasteiger charge is -2.33. The molecule has 1 aromatic carbocycles. The van der Waals surface area contributed by atoms with Crippen LogP contribution in [0.4, 0.5) is 18.9 Å². The molecule has 126 valence electrons. The van der Waals surface area contributed by atoms with Gasteiger partial charge in [0.2, 0.25) is 0 Å². The minimum absolute atomic E-state index is 0. The molecular weight excluding hydrogens is 331 g/mol. The predicted molar refractivity (Wildman–Crippen MR) is 86.5 cm³/mol. The number of H-pyrrole nitrogens is 1. The maximum absolute atomic E-state index is 13.0. The van der Waals surface area contributed by atoms with Crippen molar-refractivity contribution in [3.63, 3.8) is 0 Å². The molecule has 0 atom stereocenters. The molecule has 0 aliphatic carbocycles. The smallest absolute Gasteiger partial charge is 0.365 e. The number of fused-ring (bicyclic) bond motifs is 1. The lowest BCUT2D eigenvalue weighted by Crippen LogP contribution is -2.46. The molecule has 8 heteroatoms. The topological polar surface area (TPSA) is 39.3 Å². The van der Waals surface area contributed by atoms with Crippen LogP contribution >= 0.6 is 12.4 Å². The van der Waals surface area contributed by atoms with E-state index in [-0.39, 0.29) is 17.9 Å². The zero-order valence-electron chi connectivity index (χ0n) is 12.5. The van der Waals surface area contributed by atoms with Crippen LogP contribution in [0.25, 0.3) is 10.9 Å². The summed E-state index contributed by atoms with van der Waals surface area (Å²) in [5.41, 5.74) is -1.02. The van der Waals surface area contributed by atoms with Gasteiger partial charge in [0.1, 0.15) is 5.69 Å². The number of rotatable bonds is 1. The third-order valence-corrected chi connectivity index (χ3v) is 4.01. The number of benzene rings is 1. The third-order valence-electron chi connectivity index (χ3n) is 4.01. The number of nitrogens with zero attached hydrogens (tertiary/aromatic N) is 2. The number of alkyl halides is 3. The van der Waals surface area contributed by atoms with Gasteiger partial charge in [-0.1, -0.05) is 12.1 Å². The highest BCUT2D eigenvalue weighted by molar-refractivity contribution is 5.85. The lowest BCUT2D eigenvalue weighted by molar-refractivity contribution is -0.136. The number of likely N-dealkylation sites (N-methyl/N-ethyl adjacent to an activating group) is 1. The summed E-state index contributed by atoms with van der Waals surface area (Å²) in [5, 5.41) is 0.392. The van der Waals surface area contributed by atoms with Gasteiger partial charge in [-0.3, -0.25) is 4.79 Å². The SMILES string of the molecule is CN1CCN(c2cc3cccc(C(F)(F)F)c3[nH]c2=O)CC1.Cl. The summed E-state index contributed by atoms with van der Waals surface area (Å²) < 4.78 is 39.0. The normalized spacial score (nSPS) is 16.4. The molecule has 0 radical (unpaired) electrons. The first-order valence-electron chi connectivity index (χ1n) is 7.03. The van der Waals surface area contributed by atoms with E-state index in [0.29, 0.717) is 24.2 Å². The molecule has 1 aliphatic rings. The molecule has 23 heavy (non-hydrogen) atoms. The van der Waals surface area contributed by atoms with Crippen molar-refractivity contribution in [2.24, 2.45) is 0 Å². The fourth-order valence-corrected chi connectivity index (χ4v) is 2.74. The van der Waals surface area contributed by atoms with Crippen molar-refractivity contribution in [3.05, 3.63) is 40.2 Å². The molecular formula is C15H17ClF3N3O. The molecule has 4 nitrogen and oxygen atoms in total. The minimum atomic E-state index is -4.49. The Kier molecular flexibility index (Phi) is 4.91. The van der Waals surface area contributed by atoms with Crippen molar-refractivity contribution < 1.29 is 13.2 Å². The molecule has 1 N–H and O–H groups in total. The molecule has 1 saturated heterocycles. The van der Waals surface area contributed by atoms with E-state index in [9.17, 15) is 18.0 Å². The second kappa shape index (κ2) is 6.41. The molecule has 3 rings (SSSR count). The van der Waals surface area contributed by atoms with Gasteiger partial charge in [-0.25, -0.2) is 0 Å². The van der Waals surface area contributed by atoms with E-state index in [0.717, 1.165) is 19.2 Å². The monoisotopic (exact) mass is 347 g/mol. The molecule has 0 saturated carbocycles. The summed E-state index contributed by atoms with van der Waals surface area (Å²) >= 11 is 0. The van der Waals surface area contributed by atoms with Crippen LogP contribution in [-0.4, -0.2) is 43.1 Å². The zero-order chi connectivity index (χ0) is 15.9. The summed E-state index contributed by atoms with van der Waals surface area (Å²) in [6.45, 7) is 3.01. The Balaban J connectivity index is 0.00000192. The highest BCUT2D eigenvalue weighted by atomic mass is 35.5. The standard InChI is InChI=1S/C15H16F3N3O.ClH/c1-20-5-7-21(8-6-20)12-9-10-3-2-4-11(15(16,17)18)13(10)19-14(12)22;/h2-4,9H,5-8H2,1H3,(H,19,22);1H. The Labute approximate surface area is 137 Å². The van der Waals surface area contributed by atoms with E-state index in [1.807, 2.05) is 11.9 Å². The summed E-state index contributed by atoms with van der Waals surface area (Å²) in [6.07, 6.45) is -4.49. The Morgan fingerprint density at radius 2 is 1.78 bits per heavy atom. The van der Waals surface area contributed by atoms with Gasteiger partial charge in [0.25, 0.3) is 5.56 Å². The van der Waals surface area contributed by atoms with Gasteiger partial charge < -0.3 is 14.8 Å². The lowest BCUT2D eigenvalue weighted by atomic mass is 10.1. The number of aromatic amines is 1. The first kappa shape index (κ1) is 17.6. The van der Waals surface area contributed by atoms with Gasteiger partial charge >= 0.3 is 6.18 Å². The first-order chi connectivity index (χ1) is 10.4. The van der Waals surface area contributed by atoms with Gasteiger partial charge in [0, 0.05) is 31.6 Å². The molecule has 2 heterocycles. The van der Waals surface area contributed by atoms with Crippen molar-refractivity contribution in [2.45, 2.75) is 6.18 Å². The molecule has 2 aromatic rings. The van der Waals surface area contributed by atoms with E-state index in [1.165, 1.54) is 6.07 Å². The van der Waals surface area contributed by atoms with E-state index in [2.05, 4.69) is 9.88 Å². The van der Waals surface area contributed by atoms with Crippen molar-refractivity contribution in [3.8, 4) is 0 Å². The largest absolute Gasteiger partial charge is 0.418 e. The molecule has 0 bridgehead atoms. The minimum Gasteiger partial charge on any atom is -0.365 e. The molecule has 1 aromatic heterocycles. The second-order valence-corrected chi connectivity index (χ2v) is 5.54. The molecule has 1 fully saturated rings. The van der Waals surface area contributed by atoms with Crippen molar-refractivity contribution in [1.29, 1.82) is 0 Å². The van der Waals surface area contributed by atoms with Crippen LogP contribution in [-0.2, 0) is 6.18 Å². The second-order valence-electron chi connectivity index (χ2n) is 5.54. The number of anilines is 1. The maximum atomic E-state index is 13.0. The summed E-state index contributed by atoms with van der Waals surface area (Å²) in [7, 11) is 2.00. The van der Waals surface area contributed by atoms with E-state index >= 15 is 0 Å². The molecule has 1 aliphatic heterocycles. The van der Waals surface area contributed by atoms with E-state index in [1.54, 1.807) is 12.1 Å². The van der Waals surface area contributed by atoms with Crippen LogP contribution in [0.2, 0.25) is 0 Å². The number of hydrogen-bond acceptors (Lipinski definition) is 3. The maximum Gasteiger partial charge on any atom is 0.418 e. The number of nitrogens with one attached hydrogen (secondary N) is 1. The van der Waals surface area contributed by atoms with Crippen LogP contribution in [0, 0.1) is 0 Å². The van der Waals surface area contributed by atoms with Crippen molar-refractivity contribution in [2.75, 3.05) is 38.1 Å². The Morgan fingerprint density at radius 1 is 1.13 bits per heavy atom. The van der Waals surface area contributed by atoms with Gasteiger partial charge in [0.05, 0.1) is 11.1 Å². The zero-order valence-corrected chi connectivity index (χ0v) is 13.3. The summed E-state index contributed by atoms with van der Waals surface area (Å²) in [4.78, 5) is 18.7. The average molecular weight is 348 g/mol. The highest BCUT2D eigenvalue weighted by Gasteiger charge is 2.33. The van der Waals surface area contributed by atoms with E-state index in [4.69, 9.17) is 0 Å². The molecule has 0 unspecified atom stereocenters. The third kappa shape index (κ3) is 3.45. The molecule has 0 amide bonds. The van der Waals surface area contributed by atoms with Gasteiger partial charge in [-0.2, -0.15) is 13.2 Å². The number of pyridine rings is 1. The Bertz CT molecular complexity index is 752. The van der Waals surface area contributed by atoms with Crippen LogP contribution in [0.15, 0.2) is 29.1 Å². The number of piperazine rings is 1. The number of aromatic nitrogens is 1. The summed E-state index contributed by atoms with van der Waals surface area (Å²) in [6, 6.07) is 5.47. The highest BCUT2D eigenvalue weighted by Crippen LogP contribution is 2.34. The molecule has 0 spiro atoms. The number of halogens is 4. The van der Waals surface area contributed by atoms with E-state index < -0.39 is 17.3 Å². The van der Waals surface area contributed by atoms with Crippen molar-refractivity contribution >= 4 is 29.0 Å². The van der Waals surface area contributed by atoms with Gasteiger partial charge in [0.15, 0.2) is 0 Å². The predicted octanol–water partition coefficient (Wildman–Crippen LogP) is 2.72. The summed E-state index contributed by atoms with van der Waals surface area (Å²) in [5.74, 6) is 0. The number of para-hydroxylation sites is 1. The van der Waals surface area contributed by atoms with Crippen LogP contribution in [0.3, 0.4) is 0 Å². The van der Waals surface area contributed by atoms with Gasteiger partial charge in [-0.05, 0) is 19.2 Å². The first-order valence-corrected chi connectivity index (χ1v) is 7.03. The average Bonchev–Trinajstić information content (AvgIpc) is 2.46. The Hall–Kier alpha value is -1.73. The number of hydrogen-bond donors (Lipinski definition) is 1. The van der Waals surface area contributed by atoms with Crippen molar-refractivity contribution in [1.82, 2.24) is 9.88 Å². The Morgan fingerprint density at radius 3 is 2.39 bits per heavy atom. The van der Waals surface area contributed by atoms with Crippen LogP contribution < -0.4 is 10.5 Å². The fourth-order valence-electron chi connectivity index (χ4n) is 2.74. The van der Waals surface area contributed by atoms with Gasteiger partial charge in [-0.15, -0.1) is 12.4 Å². The quantitative estimate of drug-likeness (QED) is 0.862.